The van der Waals surface area contributed by atoms with Gasteiger partial charge in [0.2, 0.25) is 5.91 Å². The number of hydrogen-bond acceptors (Lipinski definition) is 3. The standard InChI is InChI=1S/C13H15NO3/c1-10-7-8-12(15)14(10)13(16)17-9-11-5-3-2-4-6-11/h2-6,10H,7-9H2,1H3. The van der Waals surface area contributed by atoms with Crippen molar-refractivity contribution >= 4 is 12.0 Å². The molecule has 4 nitrogen and oxygen atoms in total. The van der Waals surface area contributed by atoms with Crippen LogP contribution in [0.25, 0.3) is 0 Å². The van der Waals surface area contributed by atoms with Crippen molar-refractivity contribution in [3.63, 3.8) is 0 Å². The highest BCUT2D eigenvalue weighted by Gasteiger charge is 2.33. The molecule has 1 aliphatic heterocycles. The maximum atomic E-state index is 11.7. The molecule has 0 aliphatic carbocycles. The molecule has 2 amide bonds. The van der Waals surface area contributed by atoms with Crippen molar-refractivity contribution in [3.05, 3.63) is 35.9 Å². The molecule has 1 aromatic rings. The van der Waals surface area contributed by atoms with E-state index in [1.54, 1.807) is 0 Å². The highest BCUT2D eigenvalue weighted by Crippen LogP contribution is 2.19. The fourth-order valence-corrected chi connectivity index (χ4v) is 1.90. The van der Waals surface area contributed by atoms with E-state index in [1.165, 1.54) is 4.90 Å². The first-order valence-corrected chi connectivity index (χ1v) is 5.71. The second-order valence-corrected chi connectivity index (χ2v) is 4.19. The maximum Gasteiger partial charge on any atom is 0.417 e. The van der Waals surface area contributed by atoms with Gasteiger partial charge in [-0.1, -0.05) is 30.3 Å². The van der Waals surface area contributed by atoms with Crippen LogP contribution in [0.15, 0.2) is 30.3 Å². The zero-order chi connectivity index (χ0) is 12.3. The fraction of sp³-hybridized carbons (Fsp3) is 0.385. The molecule has 1 aromatic carbocycles. The molecule has 0 spiro atoms. The summed E-state index contributed by atoms with van der Waals surface area (Å²) in [5.74, 6) is -0.143. The summed E-state index contributed by atoms with van der Waals surface area (Å²) in [5.41, 5.74) is 0.917. The van der Waals surface area contributed by atoms with Gasteiger partial charge in [0.05, 0.1) is 0 Å². The number of carbonyl (C=O) groups is 2. The van der Waals surface area contributed by atoms with Crippen LogP contribution in [-0.2, 0) is 16.1 Å². The van der Waals surface area contributed by atoms with Gasteiger partial charge in [-0.25, -0.2) is 9.69 Å². The molecule has 1 atom stereocenters. The van der Waals surface area contributed by atoms with Crippen LogP contribution in [0, 0.1) is 0 Å². The van der Waals surface area contributed by atoms with Crippen LogP contribution < -0.4 is 0 Å². The molecule has 1 unspecified atom stereocenters. The molecule has 0 aromatic heterocycles. The van der Waals surface area contributed by atoms with E-state index in [4.69, 9.17) is 4.74 Å². The molecule has 4 heteroatoms. The van der Waals surface area contributed by atoms with E-state index in [2.05, 4.69) is 0 Å². The fourth-order valence-electron chi connectivity index (χ4n) is 1.90. The van der Waals surface area contributed by atoms with Gasteiger partial charge in [-0.2, -0.15) is 0 Å². The molecule has 2 rings (SSSR count). The number of amides is 2. The molecule has 90 valence electrons. The monoisotopic (exact) mass is 233 g/mol. The summed E-state index contributed by atoms with van der Waals surface area (Å²) >= 11 is 0. The SMILES string of the molecule is CC1CCC(=O)N1C(=O)OCc1ccccc1. The van der Waals surface area contributed by atoms with Crippen LogP contribution in [0.2, 0.25) is 0 Å². The molecule has 0 bridgehead atoms. The lowest BCUT2D eigenvalue weighted by Gasteiger charge is -2.18. The molecule has 0 radical (unpaired) electrons. The Balaban J connectivity index is 1.91. The normalized spacial score (nSPS) is 19.5. The van der Waals surface area contributed by atoms with E-state index in [9.17, 15) is 9.59 Å². The smallest absolute Gasteiger partial charge is 0.417 e. The van der Waals surface area contributed by atoms with Gasteiger partial charge in [0, 0.05) is 12.5 Å². The number of likely N-dealkylation sites (tertiary alicyclic amines) is 1. The van der Waals surface area contributed by atoms with Crippen molar-refractivity contribution in [1.82, 2.24) is 4.90 Å². The van der Waals surface area contributed by atoms with E-state index in [-0.39, 0.29) is 18.6 Å². The number of hydrogen-bond donors (Lipinski definition) is 0. The first kappa shape index (κ1) is 11.6. The van der Waals surface area contributed by atoms with Crippen molar-refractivity contribution in [2.24, 2.45) is 0 Å². The van der Waals surface area contributed by atoms with E-state index in [0.717, 1.165) is 12.0 Å². The van der Waals surface area contributed by atoms with E-state index in [1.807, 2.05) is 37.3 Å². The van der Waals surface area contributed by atoms with Gasteiger partial charge in [0.25, 0.3) is 0 Å². The predicted molar refractivity (Wildman–Crippen MR) is 62.2 cm³/mol. The summed E-state index contributed by atoms with van der Waals surface area (Å²) < 4.78 is 5.12. The molecular formula is C13H15NO3. The van der Waals surface area contributed by atoms with Crippen molar-refractivity contribution in [1.29, 1.82) is 0 Å². The van der Waals surface area contributed by atoms with Crippen molar-refractivity contribution in [2.75, 3.05) is 0 Å². The van der Waals surface area contributed by atoms with Gasteiger partial charge < -0.3 is 4.74 Å². The quantitative estimate of drug-likeness (QED) is 0.787. The van der Waals surface area contributed by atoms with Gasteiger partial charge in [-0.3, -0.25) is 4.79 Å². The third-order valence-electron chi connectivity index (χ3n) is 2.89. The van der Waals surface area contributed by atoms with Gasteiger partial charge in [-0.05, 0) is 18.9 Å². The van der Waals surface area contributed by atoms with Gasteiger partial charge in [-0.15, -0.1) is 0 Å². The number of rotatable bonds is 2. The third kappa shape index (κ3) is 2.64. The number of benzene rings is 1. The van der Waals surface area contributed by atoms with Crippen LogP contribution in [-0.4, -0.2) is 22.9 Å². The van der Waals surface area contributed by atoms with E-state index in [0.29, 0.717) is 6.42 Å². The average molecular weight is 233 g/mol. The zero-order valence-corrected chi connectivity index (χ0v) is 9.76. The topological polar surface area (TPSA) is 46.6 Å². The Morgan fingerprint density at radius 3 is 2.71 bits per heavy atom. The molecule has 1 fully saturated rings. The lowest BCUT2D eigenvalue weighted by molar-refractivity contribution is -0.127. The molecule has 17 heavy (non-hydrogen) atoms. The Labute approximate surface area is 100 Å². The maximum absolute atomic E-state index is 11.7. The lowest BCUT2D eigenvalue weighted by atomic mass is 10.2. The first-order chi connectivity index (χ1) is 8.18. The summed E-state index contributed by atoms with van der Waals surface area (Å²) in [7, 11) is 0. The van der Waals surface area contributed by atoms with Crippen LogP contribution in [0.4, 0.5) is 4.79 Å². The van der Waals surface area contributed by atoms with Gasteiger partial charge in [0.15, 0.2) is 0 Å². The Kier molecular flexibility index (Phi) is 3.42. The van der Waals surface area contributed by atoms with E-state index < -0.39 is 6.09 Å². The van der Waals surface area contributed by atoms with E-state index >= 15 is 0 Å². The largest absolute Gasteiger partial charge is 0.444 e. The van der Waals surface area contributed by atoms with Crippen LogP contribution >= 0.6 is 0 Å². The molecule has 1 aliphatic rings. The summed E-state index contributed by atoms with van der Waals surface area (Å²) in [4.78, 5) is 24.4. The highest BCUT2D eigenvalue weighted by atomic mass is 16.6. The first-order valence-electron chi connectivity index (χ1n) is 5.71. The van der Waals surface area contributed by atoms with Crippen LogP contribution in [0.5, 0.6) is 0 Å². The Morgan fingerprint density at radius 2 is 2.12 bits per heavy atom. The highest BCUT2D eigenvalue weighted by molar-refractivity contribution is 5.93. The van der Waals surface area contributed by atoms with Crippen LogP contribution in [0.3, 0.4) is 0 Å². The van der Waals surface area contributed by atoms with Crippen molar-refractivity contribution in [2.45, 2.75) is 32.4 Å². The van der Waals surface area contributed by atoms with Gasteiger partial charge in [0.1, 0.15) is 6.61 Å². The molecule has 0 saturated carbocycles. The summed E-state index contributed by atoms with van der Waals surface area (Å²) in [6, 6.07) is 9.37. The number of imide groups is 1. The third-order valence-corrected chi connectivity index (χ3v) is 2.89. The lowest BCUT2D eigenvalue weighted by Crippen LogP contribution is -2.37. The zero-order valence-electron chi connectivity index (χ0n) is 9.76. The Morgan fingerprint density at radius 1 is 1.41 bits per heavy atom. The summed E-state index contributed by atoms with van der Waals surface area (Å²) in [5, 5.41) is 0. The van der Waals surface area contributed by atoms with Gasteiger partial charge >= 0.3 is 6.09 Å². The Bertz CT molecular complexity index is 416. The minimum Gasteiger partial charge on any atom is -0.444 e. The average Bonchev–Trinajstić information content (AvgIpc) is 2.67. The van der Waals surface area contributed by atoms with Crippen LogP contribution in [0.1, 0.15) is 25.3 Å². The second-order valence-electron chi connectivity index (χ2n) is 4.19. The minimum absolute atomic E-state index is 0.0502. The van der Waals surface area contributed by atoms with Crippen molar-refractivity contribution < 1.29 is 14.3 Å². The second kappa shape index (κ2) is 4.99. The van der Waals surface area contributed by atoms with Crippen molar-refractivity contribution in [3.8, 4) is 0 Å². The molecular weight excluding hydrogens is 218 g/mol. The minimum atomic E-state index is -0.538. The summed E-state index contributed by atoms with van der Waals surface area (Å²) in [6.07, 6.45) is 0.616. The molecule has 1 saturated heterocycles. The Hall–Kier alpha value is -1.84. The number of carbonyl (C=O) groups excluding carboxylic acids is 2. The molecule has 1 heterocycles. The number of ether oxygens (including phenoxy) is 1. The number of nitrogens with zero attached hydrogens (tertiary/aromatic N) is 1. The predicted octanol–water partition coefficient (Wildman–Crippen LogP) is 2.33. The summed E-state index contributed by atoms with van der Waals surface area (Å²) in [6.45, 7) is 2.06. The molecule has 0 N–H and O–H groups in total.